The molecule has 0 bridgehead atoms. The maximum absolute atomic E-state index is 12.3. The van der Waals surface area contributed by atoms with E-state index in [4.69, 9.17) is 21.1 Å². The van der Waals surface area contributed by atoms with Crippen molar-refractivity contribution in [3.63, 3.8) is 0 Å². The molecule has 0 aliphatic carbocycles. The summed E-state index contributed by atoms with van der Waals surface area (Å²) in [6.07, 6.45) is 3.24. The van der Waals surface area contributed by atoms with Gasteiger partial charge in [0, 0.05) is 50.7 Å². The van der Waals surface area contributed by atoms with Gasteiger partial charge in [0.05, 0.1) is 18.3 Å². The number of piperidine rings is 1. The normalized spacial score (nSPS) is 20.0. The number of nitrogens with zero attached hydrogens (tertiary/aromatic N) is 3. The quantitative estimate of drug-likeness (QED) is 0.725. The van der Waals surface area contributed by atoms with Gasteiger partial charge in [-0.05, 0) is 26.8 Å². The van der Waals surface area contributed by atoms with Crippen LogP contribution in [0.4, 0.5) is 4.79 Å². The van der Waals surface area contributed by atoms with E-state index in [1.54, 1.807) is 22.1 Å². The number of pyridine rings is 1. The van der Waals surface area contributed by atoms with E-state index in [2.05, 4.69) is 4.98 Å². The average Bonchev–Trinajstić information content (AvgIpc) is 2.71. The van der Waals surface area contributed by atoms with Gasteiger partial charge < -0.3 is 24.4 Å². The molecule has 1 N–H and O–H groups in total. The Labute approximate surface area is 182 Å². The average molecular weight is 440 g/mol. The summed E-state index contributed by atoms with van der Waals surface area (Å²) in [5, 5.41) is 9.99. The Hall–Kier alpha value is -2.06. The second-order valence-electron chi connectivity index (χ2n) is 8.62. The van der Waals surface area contributed by atoms with Gasteiger partial charge in [0.1, 0.15) is 23.3 Å². The number of likely N-dealkylation sites (tertiary alicyclic amines) is 1. The molecule has 3 heterocycles. The Morgan fingerprint density at radius 1 is 1.27 bits per heavy atom. The number of aliphatic hydroxyl groups excluding tert-OH is 1. The maximum atomic E-state index is 12.3. The first-order chi connectivity index (χ1) is 14.2. The highest BCUT2D eigenvalue weighted by Crippen LogP contribution is 2.36. The Morgan fingerprint density at radius 3 is 2.57 bits per heavy atom. The van der Waals surface area contributed by atoms with Gasteiger partial charge in [-0.2, -0.15) is 0 Å². The number of amides is 2. The molecule has 8 nitrogen and oxygen atoms in total. The Balaban J connectivity index is 1.69. The number of carbonyl (C=O) groups is 2. The van der Waals surface area contributed by atoms with Crippen molar-refractivity contribution in [2.24, 2.45) is 0 Å². The number of rotatable bonds is 4. The van der Waals surface area contributed by atoms with E-state index in [1.807, 2.05) is 20.8 Å². The van der Waals surface area contributed by atoms with Crippen molar-refractivity contribution in [3.8, 4) is 5.75 Å². The summed E-state index contributed by atoms with van der Waals surface area (Å²) in [5.74, 6) is 0.273. The molecule has 2 aliphatic heterocycles. The van der Waals surface area contributed by atoms with Gasteiger partial charge in [-0.1, -0.05) is 0 Å². The van der Waals surface area contributed by atoms with Gasteiger partial charge in [-0.15, -0.1) is 11.6 Å². The number of aromatic nitrogens is 1. The number of fused-ring (bicyclic) bond motifs is 1. The first-order valence-electron chi connectivity index (χ1n) is 10.3. The lowest BCUT2D eigenvalue weighted by molar-refractivity contribution is -0.132. The standard InChI is InChI=1S/C21H30ClN3O5/c1-21(2,3)30-20(28)24-9-5-14(6-10-24)29-17-4-8-23-15-7-11-25(18(27)12-22)16(13-26)19(15)17/h4,8,14,16,26H,5-7,9-13H2,1-3H3. The van der Waals surface area contributed by atoms with Crippen LogP contribution in [0, 0.1) is 0 Å². The summed E-state index contributed by atoms with van der Waals surface area (Å²) < 4.78 is 11.7. The van der Waals surface area contributed by atoms with Crippen LogP contribution in [-0.4, -0.2) is 75.7 Å². The number of halogens is 1. The van der Waals surface area contributed by atoms with E-state index in [-0.39, 0.29) is 30.6 Å². The fraction of sp³-hybridized carbons (Fsp3) is 0.667. The van der Waals surface area contributed by atoms with Crippen molar-refractivity contribution in [1.82, 2.24) is 14.8 Å². The zero-order valence-corrected chi connectivity index (χ0v) is 18.5. The van der Waals surface area contributed by atoms with Crippen molar-refractivity contribution in [2.45, 2.75) is 57.8 Å². The minimum atomic E-state index is -0.523. The van der Waals surface area contributed by atoms with Gasteiger partial charge in [0.25, 0.3) is 0 Å². The van der Waals surface area contributed by atoms with Gasteiger partial charge in [0.15, 0.2) is 0 Å². The Bertz CT molecular complexity index is 774. The smallest absolute Gasteiger partial charge is 0.410 e. The number of ether oxygens (including phenoxy) is 2. The summed E-state index contributed by atoms with van der Waals surface area (Å²) in [5.41, 5.74) is 1.06. The fourth-order valence-corrected chi connectivity index (χ4v) is 4.07. The van der Waals surface area contributed by atoms with Crippen LogP contribution in [-0.2, 0) is 16.0 Å². The molecule has 0 saturated carbocycles. The van der Waals surface area contributed by atoms with Crippen molar-refractivity contribution in [3.05, 3.63) is 23.5 Å². The van der Waals surface area contributed by atoms with Crippen LogP contribution in [0.2, 0.25) is 0 Å². The lowest BCUT2D eigenvalue weighted by Crippen LogP contribution is -2.45. The SMILES string of the molecule is CC(C)(C)OC(=O)N1CCC(Oc2ccnc3c2C(CO)N(C(=O)CCl)CC3)CC1. The molecule has 1 aromatic heterocycles. The molecule has 1 saturated heterocycles. The van der Waals surface area contributed by atoms with Crippen LogP contribution in [0.1, 0.15) is 50.9 Å². The van der Waals surface area contributed by atoms with Gasteiger partial charge in [-0.3, -0.25) is 9.78 Å². The molecule has 1 fully saturated rings. The number of aliphatic hydroxyl groups is 1. The van der Waals surface area contributed by atoms with Crippen molar-refractivity contribution in [2.75, 3.05) is 32.1 Å². The highest BCUT2D eigenvalue weighted by Gasteiger charge is 2.34. The summed E-state index contributed by atoms with van der Waals surface area (Å²) in [4.78, 5) is 32.2. The molecule has 2 amide bonds. The number of carbonyl (C=O) groups excluding carboxylic acids is 2. The number of alkyl halides is 1. The molecule has 30 heavy (non-hydrogen) atoms. The van der Waals surface area contributed by atoms with E-state index in [9.17, 15) is 14.7 Å². The molecule has 0 radical (unpaired) electrons. The minimum Gasteiger partial charge on any atom is -0.490 e. The predicted octanol–water partition coefficient (Wildman–Crippen LogP) is 2.52. The Morgan fingerprint density at radius 2 is 1.97 bits per heavy atom. The molecule has 1 atom stereocenters. The third-order valence-electron chi connectivity index (χ3n) is 5.33. The van der Waals surface area contributed by atoms with Crippen LogP contribution in [0.3, 0.4) is 0 Å². The minimum absolute atomic E-state index is 0.0753. The molecule has 1 aromatic rings. The first kappa shape index (κ1) is 22.6. The van der Waals surface area contributed by atoms with Gasteiger partial charge in [-0.25, -0.2) is 4.79 Å². The van der Waals surface area contributed by atoms with Gasteiger partial charge >= 0.3 is 6.09 Å². The monoisotopic (exact) mass is 439 g/mol. The van der Waals surface area contributed by atoms with E-state index < -0.39 is 11.6 Å². The topological polar surface area (TPSA) is 92.2 Å². The molecule has 3 rings (SSSR count). The van der Waals surface area contributed by atoms with E-state index >= 15 is 0 Å². The highest BCUT2D eigenvalue weighted by atomic mass is 35.5. The third kappa shape index (κ3) is 5.16. The summed E-state index contributed by atoms with van der Waals surface area (Å²) in [7, 11) is 0. The molecule has 1 unspecified atom stereocenters. The lowest BCUT2D eigenvalue weighted by atomic mass is 9.96. The number of hydrogen-bond donors (Lipinski definition) is 1. The summed E-state index contributed by atoms with van der Waals surface area (Å²) in [6, 6.07) is 1.25. The third-order valence-corrected chi connectivity index (χ3v) is 5.56. The predicted molar refractivity (Wildman–Crippen MR) is 112 cm³/mol. The molecule has 0 spiro atoms. The Kier molecular flexibility index (Phi) is 7.08. The zero-order valence-electron chi connectivity index (χ0n) is 17.8. The van der Waals surface area contributed by atoms with E-state index in [0.29, 0.717) is 44.6 Å². The second-order valence-corrected chi connectivity index (χ2v) is 8.89. The van der Waals surface area contributed by atoms with E-state index in [0.717, 1.165) is 11.3 Å². The van der Waals surface area contributed by atoms with Gasteiger partial charge in [0.2, 0.25) is 5.91 Å². The lowest BCUT2D eigenvalue weighted by Gasteiger charge is -2.38. The molecular weight excluding hydrogens is 410 g/mol. The van der Waals surface area contributed by atoms with Crippen LogP contribution >= 0.6 is 11.6 Å². The van der Waals surface area contributed by atoms with Crippen LogP contribution in [0.15, 0.2) is 12.3 Å². The second kappa shape index (κ2) is 9.39. The van der Waals surface area contributed by atoms with Crippen molar-refractivity contribution >= 4 is 23.6 Å². The van der Waals surface area contributed by atoms with Crippen LogP contribution in [0.25, 0.3) is 0 Å². The number of hydrogen-bond acceptors (Lipinski definition) is 6. The van der Waals surface area contributed by atoms with Crippen molar-refractivity contribution < 1.29 is 24.2 Å². The molecular formula is C21H30ClN3O5. The molecule has 2 aliphatic rings. The van der Waals surface area contributed by atoms with Crippen molar-refractivity contribution in [1.29, 1.82) is 0 Å². The molecule has 166 valence electrons. The zero-order chi connectivity index (χ0) is 21.9. The van der Waals surface area contributed by atoms with Crippen LogP contribution < -0.4 is 4.74 Å². The molecule has 0 aromatic carbocycles. The highest BCUT2D eigenvalue weighted by molar-refractivity contribution is 6.27. The summed E-state index contributed by atoms with van der Waals surface area (Å²) >= 11 is 5.75. The molecule has 9 heteroatoms. The maximum Gasteiger partial charge on any atom is 0.410 e. The van der Waals surface area contributed by atoms with E-state index in [1.165, 1.54) is 0 Å². The summed E-state index contributed by atoms with van der Waals surface area (Å²) in [6.45, 7) is 6.89. The van der Waals surface area contributed by atoms with Crippen LogP contribution in [0.5, 0.6) is 5.75 Å². The first-order valence-corrected chi connectivity index (χ1v) is 10.9. The fourth-order valence-electron chi connectivity index (χ4n) is 3.92. The largest absolute Gasteiger partial charge is 0.490 e.